The second kappa shape index (κ2) is 7.67. The first kappa shape index (κ1) is 17.6. The molecular weight excluding hydrogens is 337 g/mol. The summed E-state index contributed by atoms with van der Waals surface area (Å²) in [6, 6.07) is 10.1. The molecule has 6 nitrogen and oxygen atoms in total. The summed E-state index contributed by atoms with van der Waals surface area (Å²) in [6.07, 6.45) is 1.37. The maximum Gasteiger partial charge on any atom is 0.278 e. The van der Waals surface area contributed by atoms with Crippen LogP contribution in [0.25, 0.3) is 0 Å². The molecule has 124 valence electrons. The van der Waals surface area contributed by atoms with Crippen molar-refractivity contribution in [3.63, 3.8) is 0 Å². The fraction of sp³-hybridized carbons (Fsp3) is 0.0625. The summed E-state index contributed by atoms with van der Waals surface area (Å²) < 4.78 is 13.7. The van der Waals surface area contributed by atoms with E-state index in [1.54, 1.807) is 12.1 Å². The normalized spacial score (nSPS) is 10.7. The Labute approximate surface area is 142 Å². The average Bonchev–Trinajstić information content (AvgIpc) is 2.59. The van der Waals surface area contributed by atoms with Gasteiger partial charge in [-0.3, -0.25) is 14.8 Å². The van der Waals surface area contributed by atoms with Gasteiger partial charge in [0.2, 0.25) is 0 Å². The van der Waals surface area contributed by atoms with Crippen molar-refractivity contribution >= 4 is 29.6 Å². The van der Waals surface area contributed by atoms with Gasteiger partial charge in [0, 0.05) is 12.6 Å². The summed E-state index contributed by atoms with van der Waals surface area (Å²) in [7, 11) is 1.37. The number of hydrazone groups is 1. The van der Waals surface area contributed by atoms with E-state index in [1.807, 2.05) is 0 Å². The number of carbonyl (C=O) groups is 2. The highest BCUT2D eigenvalue weighted by atomic mass is 35.5. The van der Waals surface area contributed by atoms with Crippen molar-refractivity contribution in [1.82, 2.24) is 10.5 Å². The Morgan fingerprint density at radius 2 is 1.92 bits per heavy atom. The van der Waals surface area contributed by atoms with Crippen molar-refractivity contribution < 1.29 is 19.2 Å². The summed E-state index contributed by atoms with van der Waals surface area (Å²) >= 11 is 5.85. The van der Waals surface area contributed by atoms with Gasteiger partial charge >= 0.3 is 0 Å². The molecule has 0 spiro atoms. The van der Waals surface area contributed by atoms with Crippen LogP contribution < -0.4 is 5.48 Å². The molecule has 2 N–H and O–H groups in total. The maximum atomic E-state index is 13.7. The molecule has 0 aliphatic rings. The number of benzene rings is 2. The van der Waals surface area contributed by atoms with Gasteiger partial charge in [-0.15, -0.1) is 0 Å². The smallest absolute Gasteiger partial charge is 0.278 e. The highest BCUT2D eigenvalue weighted by Gasteiger charge is 2.19. The number of halogens is 2. The lowest BCUT2D eigenvalue weighted by Gasteiger charge is -2.12. The molecule has 2 aromatic carbocycles. The standard InChI is InChI=1S/C16H13ClFN3O3/c1-21(16(23)14-12(17)3-2-4-13(14)18)19-9-10-5-7-11(8-6-10)15(22)20-24/h2-9,24H,1H3,(H,20,22). The lowest BCUT2D eigenvalue weighted by atomic mass is 10.1. The summed E-state index contributed by atoms with van der Waals surface area (Å²) in [4.78, 5) is 23.4. The van der Waals surface area contributed by atoms with Gasteiger partial charge in [0.15, 0.2) is 0 Å². The first-order valence-corrected chi connectivity index (χ1v) is 7.12. The number of amides is 2. The van der Waals surface area contributed by atoms with Gasteiger partial charge in [-0.05, 0) is 29.8 Å². The van der Waals surface area contributed by atoms with E-state index in [0.29, 0.717) is 5.56 Å². The average molecular weight is 350 g/mol. The summed E-state index contributed by atoms with van der Waals surface area (Å²) in [5.41, 5.74) is 2.13. The quantitative estimate of drug-likeness (QED) is 0.506. The number of nitrogens with one attached hydrogen (secondary N) is 1. The van der Waals surface area contributed by atoms with E-state index in [-0.39, 0.29) is 16.1 Å². The van der Waals surface area contributed by atoms with E-state index in [1.165, 1.54) is 43.0 Å². The Kier molecular flexibility index (Phi) is 5.62. The molecule has 0 atom stereocenters. The van der Waals surface area contributed by atoms with Crippen LogP contribution >= 0.6 is 11.6 Å². The number of rotatable bonds is 4. The first-order valence-electron chi connectivity index (χ1n) is 6.74. The van der Waals surface area contributed by atoms with Crippen molar-refractivity contribution in [2.24, 2.45) is 5.10 Å². The Hall–Kier alpha value is -2.77. The molecule has 2 aromatic rings. The van der Waals surface area contributed by atoms with Crippen molar-refractivity contribution in [3.8, 4) is 0 Å². The molecule has 0 bridgehead atoms. The van der Waals surface area contributed by atoms with Crippen LogP contribution in [0.2, 0.25) is 5.02 Å². The Bertz CT molecular complexity index is 773. The Morgan fingerprint density at radius 1 is 1.25 bits per heavy atom. The molecular formula is C16H13ClFN3O3. The zero-order valence-electron chi connectivity index (χ0n) is 12.5. The molecule has 0 unspecified atom stereocenters. The molecule has 0 heterocycles. The minimum absolute atomic E-state index is 0.00131. The first-order chi connectivity index (χ1) is 11.4. The van der Waals surface area contributed by atoms with E-state index < -0.39 is 17.6 Å². The third-order valence-electron chi connectivity index (χ3n) is 3.12. The number of hydrogen-bond acceptors (Lipinski definition) is 4. The van der Waals surface area contributed by atoms with Crippen molar-refractivity contribution in [2.75, 3.05) is 7.05 Å². The second-order valence-electron chi connectivity index (χ2n) is 4.73. The SMILES string of the molecule is CN(N=Cc1ccc(C(=O)NO)cc1)C(=O)c1c(F)cccc1Cl. The molecule has 0 aromatic heterocycles. The van der Waals surface area contributed by atoms with E-state index in [4.69, 9.17) is 16.8 Å². The largest absolute Gasteiger partial charge is 0.288 e. The lowest BCUT2D eigenvalue weighted by molar-refractivity contribution is 0.0706. The highest BCUT2D eigenvalue weighted by molar-refractivity contribution is 6.33. The topological polar surface area (TPSA) is 82.0 Å². The molecule has 2 amide bonds. The highest BCUT2D eigenvalue weighted by Crippen LogP contribution is 2.20. The van der Waals surface area contributed by atoms with Gasteiger partial charge in [-0.2, -0.15) is 5.10 Å². The van der Waals surface area contributed by atoms with Crippen LogP contribution in [0, 0.1) is 5.82 Å². The third-order valence-corrected chi connectivity index (χ3v) is 3.44. The van der Waals surface area contributed by atoms with Gasteiger partial charge < -0.3 is 0 Å². The summed E-state index contributed by atoms with van der Waals surface area (Å²) in [6.45, 7) is 0. The van der Waals surface area contributed by atoms with Crippen molar-refractivity contribution in [2.45, 2.75) is 0 Å². The van der Waals surface area contributed by atoms with Crippen LogP contribution in [0.5, 0.6) is 0 Å². The Morgan fingerprint density at radius 3 is 2.50 bits per heavy atom. The van der Waals surface area contributed by atoms with E-state index in [2.05, 4.69) is 5.10 Å². The molecule has 0 radical (unpaired) electrons. The molecule has 24 heavy (non-hydrogen) atoms. The molecule has 0 aliphatic carbocycles. The molecule has 0 saturated carbocycles. The summed E-state index contributed by atoms with van der Waals surface area (Å²) in [5, 5.41) is 13.4. The third kappa shape index (κ3) is 3.95. The number of hydroxylamine groups is 1. The molecule has 0 aliphatic heterocycles. The summed E-state index contributed by atoms with van der Waals surface area (Å²) in [5.74, 6) is -2.06. The van der Waals surface area contributed by atoms with Crippen LogP contribution in [-0.2, 0) is 0 Å². The predicted octanol–water partition coefficient (Wildman–Crippen LogP) is 2.70. The molecule has 8 heteroatoms. The van der Waals surface area contributed by atoms with E-state index >= 15 is 0 Å². The zero-order valence-corrected chi connectivity index (χ0v) is 13.3. The van der Waals surface area contributed by atoms with E-state index in [0.717, 1.165) is 11.1 Å². The van der Waals surface area contributed by atoms with Gasteiger partial charge in [-0.25, -0.2) is 14.9 Å². The van der Waals surface area contributed by atoms with Crippen LogP contribution in [0.3, 0.4) is 0 Å². The maximum absolute atomic E-state index is 13.7. The Balaban J connectivity index is 2.14. The van der Waals surface area contributed by atoms with E-state index in [9.17, 15) is 14.0 Å². The van der Waals surface area contributed by atoms with Crippen molar-refractivity contribution in [3.05, 3.63) is 70.0 Å². The molecule has 2 rings (SSSR count). The van der Waals surface area contributed by atoms with Gasteiger partial charge in [-0.1, -0.05) is 29.8 Å². The molecule has 0 saturated heterocycles. The fourth-order valence-electron chi connectivity index (χ4n) is 1.85. The number of hydrogen-bond donors (Lipinski definition) is 2. The lowest BCUT2D eigenvalue weighted by Crippen LogP contribution is -2.23. The molecule has 0 fully saturated rings. The van der Waals surface area contributed by atoms with Crippen molar-refractivity contribution in [1.29, 1.82) is 0 Å². The van der Waals surface area contributed by atoms with Crippen LogP contribution in [0.1, 0.15) is 26.3 Å². The predicted molar refractivity (Wildman–Crippen MR) is 86.8 cm³/mol. The fourth-order valence-corrected chi connectivity index (χ4v) is 2.10. The second-order valence-corrected chi connectivity index (χ2v) is 5.14. The minimum atomic E-state index is -0.728. The van der Waals surface area contributed by atoms with Crippen LogP contribution in [0.4, 0.5) is 4.39 Å². The minimum Gasteiger partial charge on any atom is -0.288 e. The van der Waals surface area contributed by atoms with Gasteiger partial charge in [0.1, 0.15) is 5.82 Å². The van der Waals surface area contributed by atoms with Crippen LogP contribution in [0.15, 0.2) is 47.6 Å². The zero-order chi connectivity index (χ0) is 17.7. The van der Waals surface area contributed by atoms with Gasteiger partial charge in [0.25, 0.3) is 11.8 Å². The van der Waals surface area contributed by atoms with Crippen LogP contribution in [-0.4, -0.2) is 35.3 Å². The monoisotopic (exact) mass is 349 g/mol. The number of nitrogens with zero attached hydrogens (tertiary/aromatic N) is 2. The van der Waals surface area contributed by atoms with Gasteiger partial charge in [0.05, 0.1) is 16.8 Å². The number of carbonyl (C=O) groups excluding carboxylic acids is 2.